The summed E-state index contributed by atoms with van der Waals surface area (Å²) in [5.74, 6) is 0.625. The van der Waals surface area contributed by atoms with E-state index in [9.17, 15) is 9.90 Å². The molecular formula is C11H9ClN2O2S. The van der Waals surface area contributed by atoms with Crippen LogP contribution in [0, 0.1) is 0 Å². The molecule has 0 amide bonds. The molecule has 2 aromatic rings. The van der Waals surface area contributed by atoms with Crippen molar-refractivity contribution < 1.29 is 5.11 Å². The Bertz CT molecular complexity index is 586. The lowest BCUT2D eigenvalue weighted by atomic mass is 10.4. The second-order valence-electron chi connectivity index (χ2n) is 3.30. The van der Waals surface area contributed by atoms with Crippen molar-refractivity contribution in [2.24, 2.45) is 0 Å². The quantitative estimate of drug-likeness (QED) is 0.839. The SMILES string of the molecule is O=c1cc(O)nc(CSc2cccc(Cl)c2)[nH]1. The maximum absolute atomic E-state index is 11.1. The van der Waals surface area contributed by atoms with Crippen molar-refractivity contribution in [2.45, 2.75) is 10.6 Å². The van der Waals surface area contributed by atoms with Crippen LogP contribution in [0.25, 0.3) is 0 Å². The molecule has 88 valence electrons. The van der Waals surface area contributed by atoms with Gasteiger partial charge < -0.3 is 10.1 Å². The van der Waals surface area contributed by atoms with Crippen LogP contribution in [-0.2, 0) is 5.75 Å². The molecule has 0 bridgehead atoms. The number of aromatic hydroxyl groups is 1. The van der Waals surface area contributed by atoms with Gasteiger partial charge in [0.1, 0.15) is 5.82 Å². The molecule has 4 nitrogen and oxygen atoms in total. The molecule has 6 heteroatoms. The van der Waals surface area contributed by atoms with Crippen molar-refractivity contribution >= 4 is 23.4 Å². The molecule has 0 unspecified atom stereocenters. The van der Waals surface area contributed by atoms with Crippen LogP contribution in [0.3, 0.4) is 0 Å². The Kier molecular flexibility index (Phi) is 3.71. The summed E-state index contributed by atoms with van der Waals surface area (Å²) >= 11 is 7.33. The molecule has 1 heterocycles. The first-order valence-corrected chi connectivity index (χ1v) is 6.17. The van der Waals surface area contributed by atoms with E-state index in [1.165, 1.54) is 11.8 Å². The Morgan fingerprint density at radius 2 is 2.24 bits per heavy atom. The molecule has 0 fully saturated rings. The van der Waals surface area contributed by atoms with Gasteiger partial charge in [-0.15, -0.1) is 11.8 Å². The minimum absolute atomic E-state index is 0.268. The van der Waals surface area contributed by atoms with E-state index in [-0.39, 0.29) is 11.4 Å². The number of hydrogen-bond donors (Lipinski definition) is 2. The summed E-state index contributed by atoms with van der Waals surface area (Å²) in [5.41, 5.74) is -0.362. The second-order valence-corrected chi connectivity index (χ2v) is 4.78. The number of nitrogens with one attached hydrogen (secondary N) is 1. The summed E-state index contributed by atoms with van der Waals surface area (Å²) in [5, 5.41) is 9.83. The lowest BCUT2D eigenvalue weighted by Gasteiger charge is -2.02. The topological polar surface area (TPSA) is 66.0 Å². The van der Waals surface area contributed by atoms with Crippen LogP contribution in [0.5, 0.6) is 5.88 Å². The van der Waals surface area contributed by atoms with Crippen LogP contribution in [0.4, 0.5) is 0 Å². The zero-order valence-electron chi connectivity index (χ0n) is 8.68. The Balaban J connectivity index is 2.09. The Hall–Kier alpha value is -1.46. The van der Waals surface area contributed by atoms with Crippen LogP contribution in [0.15, 0.2) is 40.0 Å². The van der Waals surface area contributed by atoms with Crippen LogP contribution >= 0.6 is 23.4 Å². The van der Waals surface area contributed by atoms with Crippen LogP contribution in [0.1, 0.15) is 5.82 Å². The highest BCUT2D eigenvalue weighted by atomic mass is 35.5. The van der Waals surface area contributed by atoms with Crippen LogP contribution < -0.4 is 5.56 Å². The average Bonchev–Trinajstić information content (AvgIpc) is 2.25. The third-order valence-corrected chi connectivity index (χ3v) is 3.19. The molecule has 0 radical (unpaired) electrons. The van der Waals surface area contributed by atoms with Gasteiger partial charge >= 0.3 is 0 Å². The number of halogens is 1. The number of aromatic amines is 1. The zero-order valence-corrected chi connectivity index (χ0v) is 10.3. The number of thioether (sulfide) groups is 1. The standard InChI is InChI=1S/C11H9ClN2O2S/c12-7-2-1-3-8(4-7)17-6-9-13-10(15)5-11(16)14-9/h1-5H,6H2,(H2,13,14,15,16). The highest BCUT2D eigenvalue weighted by Gasteiger charge is 2.01. The van der Waals surface area contributed by atoms with E-state index in [0.29, 0.717) is 16.6 Å². The predicted octanol–water partition coefficient (Wildman–Crippen LogP) is 2.42. The Morgan fingerprint density at radius 1 is 1.41 bits per heavy atom. The lowest BCUT2D eigenvalue weighted by Crippen LogP contribution is -2.08. The third kappa shape index (κ3) is 3.51. The summed E-state index contributed by atoms with van der Waals surface area (Å²) in [4.78, 5) is 18.4. The van der Waals surface area contributed by atoms with Gasteiger partial charge in [0.15, 0.2) is 0 Å². The molecule has 2 N–H and O–H groups in total. The van der Waals surface area contributed by atoms with Crippen molar-refractivity contribution in [1.29, 1.82) is 0 Å². The van der Waals surface area contributed by atoms with Crippen molar-refractivity contribution in [2.75, 3.05) is 0 Å². The van der Waals surface area contributed by atoms with Gasteiger partial charge in [0, 0.05) is 9.92 Å². The lowest BCUT2D eigenvalue weighted by molar-refractivity contribution is 0.449. The highest BCUT2D eigenvalue weighted by molar-refractivity contribution is 7.98. The first kappa shape index (κ1) is 12.0. The number of aromatic nitrogens is 2. The molecule has 0 saturated carbocycles. The molecule has 1 aromatic heterocycles. The molecule has 17 heavy (non-hydrogen) atoms. The predicted molar refractivity (Wildman–Crippen MR) is 67.5 cm³/mol. The minimum atomic E-state index is -0.362. The van der Waals surface area contributed by atoms with Crippen molar-refractivity contribution in [1.82, 2.24) is 9.97 Å². The van der Waals surface area contributed by atoms with E-state index < -0.39 is 0 Å². The summed E-state index contributed by atoms with van der Waals surface area (Å²) < 4.78 is 0. The molecule has 0 aliphatic rings. The normalized spacial score (nSPS) is 10.4. The minimum Gasteiger partial charge on any atom is -0.493 e. The maximum atomic E-state index is 11.1. The third-order valence-electron chi connectivity index (χ3n) is 1.95. The van der Waals surface area contributed by atoms with Gasteiger partial charge in [0.2, 0.25) is 5.88 Å². The molecule has 0 spiro atoms. The zero-order chi connectivity index (χ0) is 12.3. The molecule has 2 rings (SSSR count). The van der Waals surface area contributed by atoms with Crippen molar-refractivity contribution in [3.05, 3.63) is 51.5 Å². The number of nitrogens with zero attached hydrogens (tertiary/aromatic N) is 1. The molecule has 0 aliphatic carbocycles. The van der Waals surface area contributed by atoms with Gasteiger partial charge in [-0.2, -0.15) is 4.98 Å². The summed E-state index contributed by atoms with van der Waals surface area (Å²) in [7, 11) is 0. The van der Waals surface area contributed by atoms with E-state index in [4.69, 9.17) is 11.6 Å². The van der Waals surface area contributed by atoms with E-state index in [1.807, 2.05) is 18.2 Å². The van der Waals surface area contributed by atoms with Crippen molar-refractivity contribution in [3.8, 4) is 5.88 Å². The average molecular weight is 269 g/mol. The van der Waals surface area contributed by atoms with E-state index in [0.717, 1.165) is 11.0 Å². The fourth-order valence-corrected chi connectivity index (χ4v) is 2.35. The Labute approximate surface area is 107 Å². The first-order chi connectivity index (χ1) is 8.13. The molecule has 0 aliphatic heterocycles. The Morgan fingerprint density at radius 3 is 2.94 bits per heavy atom. The largest absolute Gasteiger partial charge is 0.493 e. The fourth-order valence-electron chi connectivity index (χ4n) is 1.27. The van der Waals surface area contributed by atoms with Gasteiger partial charge in [0.05, 0.1) is 11.8 Å². The van der Waals surface area contributed by atoms with Gasteiger partial charge in [0.25, 0.3) is 5.56 Å². The molecular weight excluding hydrogens is 260 g/mol. The number of hydrogen-bond acceptors (Lipinski definition) is 4. The summed E-state index contributed by atoms with van der Waals surface area (Å²) in [6.45, 7) is 0. The molecule has 1 aromatic carbocycles. The van der Waals surface area contributed by atoms with Gasteiger partial charge in [-0.25, -0.2) is 0 Å². The van der Waals surface area contributed by atoms with Crippen molar-refractivity contribution in [3.63, 3.8) is 0 Å². The monoisotopic (exact) mass is 268 g/mol. The van der Waals surface area contributed by atoms with E-state index in [2.05, 4.69) is 9.97 Å². The van der Waals surface area contributed by atoms with Gasteiger partial charge in [-0.1, -0.05) is 17.7 Å². The fraction of sp³-hybridized carbons (Fsp3) is 0.0909. The second kappa shape index (κ2) is 5.25. The first-order valence-electron chi connectivity index (χ1n) is 4.81. The number of H-pyrrole nitrogens is 1. The maximum Gasteiger partial charge on any atom is 0.254 e. The summed E-state index contributed by atoms with van der Waals surface area (Å²) in [6, 6.07) is 8.42. The summed E-state index contributed by atoms with van der Waals surface area (Å²) in [6.07, 6.45) is 0. The number of rotatable bonds is 3. The molecule has 0 saturated heterocycles. The van der Waals surface area contributed by atoms with Crippen LogP contribution in [0.2, 0.25) is 5.02 Å². The van der Waals surface area contributed by atoms with Gasteiger partial charge in [-0.05, 0) is 18.2 Å². The smallest absolute Gasteiger partial charge is 0.254 e. The molecule has 0 atom stereocenters. The van der Waals surface area contributed by atoms with Gasteiger partial charge in [-0.3, -0.25) is 4.79 Å². The number of benzene rings is 1. The highest BCUT2D eigenvalue weighted by Crippen LogP contribution is 2.23. The van der Waals surface area contributed by atoms with E-state index >= 15 is 0 Å². The van der Waals surface area contributed by atoms with Crippen LogP contribution in [-0.4, -0.2) is 15.1 Å². The van der Waals surface area contributed by atoms with E-state index in [1.54, 1.807) is 6.07 Å².